The third kappa shape index (κ3) is 4.11. The smallest absolute Gasteiger partial charge is 0.242 e. The summed E-state index contributed by atoms with van der Waals surface area (Å²) in [6, 6.07) is 1.17. The van der Waals surface area contributed by atoms with Gasteiger partial charge in [0.15, 0.2) is 0 Å². The molecule has 1 aromatic carbocycles. The molecule has 0 spiro atoms. The van der Waals surface area contributed by atoms with Crippen LogP contribution in [0.15, 0.2) is 21.5 Å². The van der Waals surface area contributed by atoms with E-state index in [2.05, 4.69) is 20.7 Å². The summed E-state index contributed by atoms with van der Waals surface area (Å²) in [6.45, 7) is -0.425. The number of aliphatic hydroxyl groups is 1. The molecule has 0 aromatic heterocycles. The van der Waals surface area contributed by atoms with Gasteiger partial charge in [-0.1, -0.05) is 0 Å². The van der Waals surface area contributed by atoms with E-state index in [-0.39, 0.29) is 21.7 Å². The molecular formula is C10H14BrFN2O4S. The first kappa shape index (κ1) is 16.3. The molecule has 4 N–H and O–H groups in total. The molecule has 0 saturated heterocycles. The molecule has 1 aromatic rings. The minimum atomic E-state index is -3.95. The van der Waals surface area contributed by atoms with Crippen LogP contribution in [0, 0.1) is 5.82 Å². The standard InChI is InChI=1S/C10H14BrFN2O4S/c1-18-5-6(4-15)14-19(16,17)10-3-9(13)8(12)2-7(10)11/h2-3,6,14-15H,4-5,13H2,1H3. The van der Waals surface area contributed by atoms with Gasteiger partial charge >= 0.3 is 0 Å². The summed E-state index contributed by atoms with van der Waals surface area (Å²) in [5.74, 6) is -0.721. The van der Waals surface area contributed by atoms with E-state index >= 15 is 0 Å². The Morgan fingerprint density at radius 3 is 2.74 bits per heavy atom. The van der Waals surface area contributed by atoms with Crippen molar-refractivity contribution in [3.63, 3.8) is 0 Å². The van der Waals surface area contributed by atoms with Gasteiger partial charge in [-0.3, -0.25) is 0 Å². The van der Waals surface area contributed by atoms with E-state index < -0.39 is 28.5 Å². The van der Waals surface area contributed by atoms with E-state index in [1.165, 1.54) is 7.11 Å². The number of aliphatic hydroxyl groups excluding tert-OH is 1. The number of anilines is 1. The number of sulfonamides is 1. The molecule has 0 amide bonds. The normalized spacial score (nSPS) is 13.5. The van der Waals surface area contributed by atoms with Crippen LogP contribution in [0.3, 0.4) is 0 Å². The molecule has 1 rings (SSSR count). The molecule has 0 radical (unpaired) electrons. The van der Waals surface area contributed by atoms with Gasteiger partial charge < -0.3 is 15.6 Å². The molecule has 0 fully saturated rings. The molecule has 0 heterocycles. The number of nitrogens with two attached hydrogens (primary N) is 1. The van der Waals surface area contributed by atoms with Crippen LogP contribution in [-0.2, 0) is 14.8 Å². The van der Waals surface area contributed by atoms with Crippen LogP contribution in [0.4, 0.5) is 10.1 Å². The van der Waals surface area contributed by atoms with Gasteiger partial charge in [0.25, 0.3) is 0 Å². The Bertz CT molecular complexity index is 553. The Morgan fingerprint density at radius 2 is 2.21 bits per heavy atom. The second kappa shape index (κ2) is 6.62. The largest absolute Gasteiger partial charge is 0.396 e. The summed E-state index contributed by atoms with van der Waals surface area (Å²) in [5.41, 5.74) is 5.06. The average Bonchev–Trinajstić information content (AvgIpc) is 2.32. The fourth-order valence-electron chi connectivity index (χ4n) is 1.36. The predicted molar refractivity (Wildman–Crippen MR) is 71.6 cm³/mol. The van der Waals surface area contributed by atoms with E-state index in [1.54, 1.807) is 0 Å². The highest BCUT2D eigenvalue weighted by Crippen LogP contribution is 2.26. The van der Waals surface area contributed by atoms with Gasteiger partial charge in [0, 0.05) is 11.6 Å². The Kier molecular flexibility index (Phi) is 5.68. The van der Waals surface area contributed by atoms with Crippen LogP contribution < -0.4 is 10.5 Å². The maximum atomic E-state index is 13.2. The molecule has 6 nitrogen and oxygen atoms in total. The molecule has 0 aliphatic rings. The molecule has 1 unspecified atom stereocenters. The summed E-state index contributed by atoms with van der Waals surface area (Å²) < 4.78 is 44.4. The van der Waals surface area contributed by atoms with Crippen molar-refractivity contribution in [3.8, 4) is 0 Å². The Morgan fingerprint density at radius 1 is 1.58 bits per heavy atom. The van der Waals surface area contributed by atoms with Crippen molar-refractivity contribution in [2.75, 3.05) is 26.1 Å². The van der Waals surface area contributed by atoms with Crippen molar-refractivity contribution < 1.29 is 22.7 Å². The lowest BCUT2D eigenvalue weighted by Gasteiger charge is -2.16. The zero-order valence-electron chi connectivity index (χ0n) is 10.1. The monoisotopic (exact) mass is 356 g/mol. The van der Waals surface area contributed by atoms with E-state index in [0.29, 0.717) is 0 Å². The van der Waals surface area contributed by atoms with Crippen molar-refractivity contribution >= 4 is 31.6 Å². The van der Waals surface area contributed by atoms with E-state index in [9.17, 15) is 12.8 Å². The van der Waals surface area contributed by atoms with Crippen molar-refractivity contribution in [1.29, 1.82) is 0 Å². The first-order chi connectivity index (χ1) is 8.81. The highest BCUT2D eigenvalue weighted by molar-refractivity contribution is 9.10. The minimum Gasteiger partial charge on any atom is -0.396 e. The first-order valence-electron chi connectivity index (χ1n) is 5.18. The minimum absolute atomic E-state index is 0.00399. The van der Waals surface area contributed by atoms with Gasteiger partial charge in [-0.05, 0) is 28.1 Å². The van der Waals surface area contributed by atoms with Gasteiger partial charge in [0.2, 0.25) is 10.0 Å². The maximum absolute atomic E-state index is 13.2. The number of halogens is 2. The molecule has 9 heteroatoms. The number of methoxy groups -OCH3 is 1. The molecular weight excluding hydrogens is 343 g/mol. The number of benzene rings is 1. The molecule has 0 aliphatic carbocycles. The lowest BCUT2D eigenvalue weighted by molar-refractivity contribution is 0.139. The second-order valence-electron chi connectivity index (χ2n) is 3.76. The third-order valence-corrected chi connectivity index (χ3v) is 4.73. The fraction of sp³-hybridized carbons (Fsp3) is 0.400. The topological polar surface area (TPSA) is 102 Å². The van der Waals surface area contributed by atoms with Gasteiger partial charge in [-0.25, -0.2) is 17.5 Å². The highest BCUT2D eigenvalue weighted by Gasteiger charge is 2.23. The number of hydrogen-bond donors (Lipinski definition) is 3. The zero-order valence-corrected chi connectivity index (χ0v) is 12.5. The quantitative estimate of drug-likeness (QED) is 0.642. The summed E-state index contributed by atoms with van der Waals surface area (Å²) >= 11 is 2.96. The SMILES string of the molecule is COCC(CO)NS(=O)(=O)c1cc(N)c(F)cc1Br. The lowest BCUT2D eigenvalue weighted by Crippen LogP contribution is -2.40. The van der Waals surface area contributed by atoms with Crippen molar-refractivity contribution in [2.45, 2.75) is 10.9 Å². The average molecular weight is 357 g/mol. The van der Waals surface area contributed by atoms with Crippen LogP contribution in [0.5, 0.6) is 0 Å². The van der Waals surface area contributed by atoms with Crippen molar-refractivity contribution in [3.05, 3.63) is 22.4 Å². The van der Waals surface area contributed by atoms with Gasteiger partial charge in [0.1, 0.15) is 5.82 Å². The zero-order chi connectivity index (χ0) is 14.6. The number of hydrogen-bond acceptors (Lipinski definition) is 5. The Hall–Kier alpha value is -0.740. The second-order valence-corrected chi connectivity index (χ2v) is 6.30. The number of ether oxygens (including phenoxy) is 1. The van der Waals surface area contributed by atoms with E-state index in [0.717, 1.165) is 12.1 Å². The third-order valence-electron chi connectivity index (χ3n) is 2.25. The summed E-state index contributed by atoms with van der Waals surface area (Å²) in [6.07, 6.45) is 0. The van der Waals surface area contributed by atoms with E-state index in [1.807, 2.05) is 0 Å². The highest BCUT2D eigenvalue weighted by atomic mass is 79.9. The van der Waals surface area contributed by atoms with Gasteiger partial charge in [-0.2, -0.15) is 0 Å². The Balaban J connectivity index is 3.10. The molecule has 1 atom stereocenters. The van der Waals surface area contributed by atoms with Gasteiger partial charge in [0.05, 0.1) is 29.8 Å². The van der Waals surface area contributed by atoms with Crippen LogP contribution in [0.25, 0.3) is 0 Å². The van der Waals surface area contributed by atoms with Crippen LogP contribution in [0.1, 0.15) is 0 Å². The summed E-state index contributed by atoms with van der Waals surface area (Å²) in [5, 5.41) is 9.03. The van der Waals surface area contributed by atoms with Crippen LogP contribution in [-0.4, -0.2) is 39.9 Å². The van der Waals surface area contributed by atoms with Crippen LogP contribution in [0.2, 0.25) is 0 Å². The fourth-order valence-corrected chi connectivity index (χ4v) is 3.62. The number of nitrogen functional groups attached to an aromatic ring is 1. The number of nitrogens with one attached hydrogen (secondary N) is 1. The van der Waals surface area contributed by atoms with Crippen LogP contribution >= 0.6 is 15.9 Å². The molecule has 0 bridgehead atoms. The first-order valence-corrected chi connectivity index (χ1v) is 7.46. The molecule has 19 heavy (non-hydrogen) atoms. The lowest BCUT2D eigenvalue weighted by atomic mass is 10.3. The number of rotatable bonds is 6. The molecule has 108 valence electrons. The maximum Gasteiger partial charge on any atom is 0.242 e. The predicted octanol–water partition coefficient (Wildman–Crippen LogP) is 0.456. The summed E-state index contributed by atoms with van der Waals surface area (Å²) in [4.78, 5) is -0.207. The van der Waals surface area contributed by atoms with Gasteiger partial charge in [-0.15, -0.1) is 0 Å². The van der Waals surface area contributed by atoms with Crippen molar-refractivity contribution in [2.24, 2.45) is 0 Å². The molecule has 0 aliphatic heterocycles. The van der Waals surface area contributed by atoms with Crippen molar-refractivity contribution in [1.82, 2.24) is 4.72 Å². The summed E-state index contributed by atoms with van der Waals surface area (Å²) in [7, 11) is -2.57. The van der Waals surface area contributed by atoms with E-state index in [4.69, 9.17) is 15.6 Å². The Labute approximate surface area is 118 Å². The molecule has 0 saturated carbocycles.